The van der Waals surface area contributed by atoms with Crippen molar-refractivity contribution < 1.29 is 9.53 Å². The molecule has 0 amide bonds. The first-order valence-corrected chi connectivity index (χ1v) is 9.57. The Kier molecular flexibility index (Phi) is 5.03. The number of carbonyl (C=O) groups excluding carboxylic acids is 1. The summed E-state index contributed by atoms with van der Waals surface area (Å²) in [5.74, 6) is 0.311. The van der Waals surface area contributed by atoms with Gasteiger partial charge in [0.2, 0.25) is 5.95 Å². The van der Waals surface area contributed by atoms with Gasteiger partial charge in [-0.3, -0.25) is 0 Å². The highest BCUT2D eigenvalue weighted by molar-refractivity contribution is 5.90. The van der Waals surface area contributed by atoms with Crippen LogP contribution in [0.4, 0.5) is 17.5 Å². The number of benzene rings is 2. The van der Waals surface area contributed by atoms with Crippen molar-refractivity contribution in [1.29, 1.82) is 0 Å². The molecule has 0 saturated carbocycles. The van der Waals surface area contributed by atoms with E-state index in [4.69, 9.17) is 16.2 Å². The Morgan fingerprint density at radius 1 is 1.14 bits per heavy atom. The maximum absolute atomic E-state index is 11.8. The lowest BCUT2D eigenvalue weighted by Gasteiger charge is -2.20. The number of ether oxygens (including phenoxy) is 1. The number of anilines is 3. The van der Waals surface area contributed by atoms with E-state index in [2.05, 4.69) is 33.1 Å². The predicted octanol–water partition coefficient (Wildman–Crippen LogP) is 3.05. The summed E-state index contributed by atoms with van der Waals surface area (Å²) in [6.07, 6.45) is 2.65. The zero-order valence-corrected chi connectivity index (χ0v) is 16.3. The van der Waals surface area contributed by atoms with Crippen LogP contribution in [0.2, 0.25) is 0 Å². The molecule has 0 aliphatic carbocycles. The Morgan fingerprint density at radius 3 is 2.62 bits per heavy atom. The van der Waals surface area contributed by atoms with Gasteiger partial charge in [-0.15, -0.1) is 0 Å². The van der Waals surface area contributed by atoms with Gasteiger partial charge < -0.3 is 21.1 Å². The summed E-state index contributed by atoms with van der Waals surface area (Å²) in [5, 5.41) is 0. The fraction of sp³-hybridized carbons (Fsp3) is 0.227. The maximum Gasteiger partial charge on any atom is 0.338 e. The van der Waals surface area contributed by atoms with Crippen molar-refractivity contribution in [2.75, 3.05) is 29.5 Å². The molecule has 1 aliphatic heterocycles. The number of nitrogens with two attached hydrogens (primary N) is 2. The molecule has 148 valence electrons. The van der Waals surface area contributed by atoms with Crippen molar-refractivity contribution in [3.05, 3.63) is 65.4 Å². The Hall–Kier alpha value is -3.61. The molecule has 0 radical (unpaired) electrons. The highest BCUT2D eigenvalue weighted by Gasteiger charge is 2.21. The molecular weight excluding hydrogens is 366 g/mol. The SMILES string of the molecule is CCOC(=O)c1ccc(-c2ccc3c(c2)CCN3Cc2cnc(N)nc2N)cc1. The molecule has 2 heterocycles. The van der Waals surface area contributed by atoms with Crippen molar-refractivity contribution in [3.8, 4) is 11.1 Å². The van der Waals surface area contributed by atoms with Crippen LogP contribution in [0.25, 0.3) is 11.1 Å². The minimum atomic E-state index is -0.297. The van der Waals surface area contributed by atoms with Crippen molar-refractivity contribution in [2.45, 2.75) is 19.9 Å². The number of hydrogen-bond donors (Lipinski definition) is 2. The number of aromatic nitrogens is 2. The Labute approximate surface area is 169 Å². The van der Waals surface area contributed by atoms with E-state index in [1.54, 1.807) is 25.3 Å². The average Bonchev–Trinajstić information content (AvgIpc) is 3.12. The van der Waals surface area contributed by atoms with Crippen LogP contribution in [-0.2, 0) is 17.7 Å². The molecule has 3 aromatic rings. The van der Waals surface area contributed by atoms with E-state index in [1.807, 2.05) is 12.1 Å². The zero-order valence-electron chi connectivity index (χ0n) is 16.3. The molecule has 0 atom stereocenters. The predicted molar refractivity (Wildman–Crippen MR) is 113 cm³/mol. The third-order valence-electron chi connectivity index (χ3n) is 5.08. The largest absolute Gasteiger partial charge is 0.462 e. The molecule has 1 aromatic heterocycles. The van der Waals surface area contributed by atoms with Gasteiger partial charge >= 0.3 is 5.97 Å². The summed E-state index contributed by atoms with van der Waals surface area (Å²) in [4.78, 5) is 22.2. The van der Waals surface area contributed by atoms with Gasteiger partial charge in [0, 0.05) is 30.5 Å². The molecule has 0 spiro atoms. The van der Waals surface area contributed by atoms with Gasteiger partial charge in [0.25, 0.3) is 0 Å². The molecule has 0 bridgehead atoms. The number of fused-ring (bicyclic) bond motifs is 1. The lowest BCUT2D eigenvalue weighted by atomic mass is 10.0. The molecule has 0 fully saturated rings. The van der Waals surface area contributed by atoms with E-state index in [0.29, 0.717) is 24.5 Å². The molecular formula is C22H23N5O2. The fourth-order valence-corrected chi connectivity index (χ4v) is 3.59. The van der Waals surface area contributed by atoms with E-state index in [0.717, 1.165) is 29.7 Å². The van der Waals surface area contributed by atoms with E-state index >= 15 is 0 Å². The second kappa shape index (κ2) is 7.79. The van der Waals surface area contributed by atoms with Gasteiger partial charge in [0.05, 0.1) is 12.2 Å². The molecule has 0 saturated heterocycles. The monoisotopic (exact) mass is 389 g/mol. The van der Waals surface area contributed by atoms with Crippen molar-refractivity contribution in [1.82, 2.24) is 9.97 Å². The molecule has 4 N–H and O–H groups in total. The minimum absolute atomic E-state index is 0.187. The lowest BCUT2D eigenvalue weighted by Crippen LogP contribution is -2.21. The second-order valence-corrected chi connectivity index (χ2v) is 6.95. The Morgan fingerprint density at radius 2 is 1.90 bits per heavy atom. The maximum atomic E-state index is 11.8. The molecule has 7 nitrogen and oxygen atoms in total. The van der Waals surface area contributed by atoms with E-state index < -0.39 is 0 Å². The summed E-state index contributed by atoms with van der Waals surface area (Å²) in [6, 6.07) is 13.9. The van der Waals surface area contributed by atoms with Crippen LogP contribution < -0.4 is 16.4 Å². The van der Waals surface area contributed by atoms with Crippen molar-refractivity contribution in [3.63, 3.8) is 0 Å². The Balaban J connectivity index is 1.53. The first kappa shape index (κ1) is 18.7. The molecule has 2 aromatic carbocycles. The molecule has 1 aliphatic rings. The van der Waals surface area contributed by atoms with Gasteiger partial charge in [-0.05, 0) is 54.3 Å². The zero-order chi connectivity index (χ0) is 20.4. The first-order valence-electron chi connectivity index (χ1n) is 9.57. The molecule has 29 heavy (non-hydrogen) atoms. The Bertz CT molecular complexity index is 1050. The summed E-state index contributed by atoms with van der Waals surface area (Å²) < 4.78 is 5.04. The van der Waals surface area contributed by atoms with Crippen LogP contribution in [0.5, 0.6) is 0 Å². The second-order valence-electron chi connectivity index (χ2n) is 6.95. The number of nitrogen functional groups attached to an aromatic ring is 2. The number of esters is 1. The smallest absolute Gasteiger partial charge is 0.338 e. The standard InChI is InChI=1S/C22H23N5O2/c1-2-29-21(28)15-5-3-14(4-6-15)16-7-8-19-17(11-16)9-10-27(19)13-18-12-25-22(24)26-20(18)23/h3-8,11-12H,2,9-10,13H2,1H3,(H4,23,24,25,26). The van der Waals surface area contributed by atoms with Crippen molar-refractivity contribution in [2.24, 2.45) is 0 Å². The van der Waals surface area contributed by atoms with Crippen molar-refractivity contribution >= 4 is 23.4 Å². The normalized spacial score (nSPS) is 12.7. The van der Waals surface area contributed by atoms with Gasteiger partial charge in [-0.25, -0.2) is 9.78 Å². The summed E-state index contributed by atoms with van der Waals surface area (Å²) >= 11 is 0. The summed E-state index contributed by atoms with van der Waals surface area (Å²) in [7, 11) is 0. The lowest BCUT2D eigenvalue weighted by molar-refractivity contribution is 0.0526. The van der Waals surface area contributed by atoms with E-state index in [9.17, 15) is 4.79 Å². The van der Waals surface area contributed by atoms with Crippen LogP contribution in [0.3, 0.4) is 0 Å². The van der Waals surface area contributed by atoms with Gasteiger partial charge in [0.1, 0.15) is 5.82 Å². The number of carbonyl (C=O) groups is 1. The fourth-order valence-electron chi connectivity index (χ4n) is 3.59. The van der Waals surface area contributed by atoms with E-state index in [-0.39, 0.29) is 11.9 Å². The average molecular weight is 389 g/mol. The third-order valence-corrected chi connectivity index (χ3v) is 5.08. The highest BCUT2D eigenvalue weighted by atomic mass is 16.5. The molecule has 7 heteroatoms. The number of hydrogen-bond acceptors (Lipinski definition) is 7. The first-order chi connectivity index (χ1) is 14.0. The highest BCUT2D eigenvalue weighted by Crippen LogP contribution is 2.33. The molecule has 0 unspecified atom stereocenters. The third kappa shape index (κ3) is 3.85. The van der Waals surface area contributed by atoms with E-state index in [1.165, 1.54) is 11.3 Å². The van der Waals surface area contributed by atoms with Crippen LogP contribution in [0.1, 0.15) is 28.4 Å². The minimum Gasteiger partial charge on any atom is -0.462 e. The molecule has 4 rings (SSSR count). The van der Waals surface area contributed by atoms with Crippen LogP contribution >= 0.6 is 0 Å². The summed E-state index contributed by atoms with van der Waals surface area (Å²) in [5.41, 5.74) is 17.7. The van der Waals surface area contributed by atoms with Gasteiger partial charge in [0.15, 0.2) is 0 Å². The van der Waals surface area contributed by atoms with Crippen LogP contribution in [0.15, 0.2) is 48.7 Å². The quantitative estimate of drug-likeness (QED) is 0.646. The van der Waals surface area contributed by atoms with Crippen LogP contribution in [0, 0.1) is 0 Å². The number of nitrogens with zero attached hydrogens (tertiary/aromatic N) is 3. The number of rotatable bonds is 5. The summed E-state index contributed by atoms with van der Waals surface area (Å²) in [6.45, 7) is 3.72. The topological polar surface area (TPSA) is 107 Å². The van der Waals surface area contributed by atoms with Gasteiger partial charge in [-0.1, -0.05) is 18.2 Å². The van der Waals surface area contributed by atoms with Crippen LogP contribution in [-0.4, -0.2) is 29.1 Å². The van der Waals surface area contributed by atoms with Gasteiger partial charge in [-0.2, -0.15) is 4.98 Å².